The molecule has 1 amide bonds. The Morgan fingerprint density at radius 3 is 1.35 bits per heavy atom. The van der Waals surface area contributed by atoms with Gasteiger partial charge < -0.3 is 40.3 Å². The van der Waals surface area contributed by atoms with Gasteiger partial charge in [0.15, 0.2) is 6.29 Å². The number of hydrogen-bond donors (Lipinski definition) is 6. The summed E-state index contributed by atoms with van der Waals surface area (Å²) in [4.78, 5) is 13.0. The van der Waals surface area contributed by atoms with E-state index in [0.717, 1.165) is 57.8 Å². The maximum Gasteiger partial charge on any atom is 0.220 e. The molecule has 0 radical (unpaired) electrons. The van der Waals surface area contributed by atoms with Crippen LogP contribution in [0.15, 0.2) is 85.1 Å². The average Bonchev–Trinajstić information content (AvgIpc) is 3.37. The summed E-state index contributed by atoms with van der Waals surface area (Å²) in [5, 5.41) is 54.4. The second-order valence-corrected chi connectivity index (χ2v) is 20.0. The third-order valence-corrected chi connectivity index (χ3v) is 13.5. The molecule has 0 aliphatic carbocycles. The topological polar surface area (TPSA) is 149 Å². The number of carbonyl (C=O) groups excluding carboxylic acids is 1. The van der Waals surface area contributed by atoms with E-state index in [1.807, 2.05) is 6.08 Å². The van der Waals surface area contributed by atoms with Crippen LogP contribution < -0.4 is 5.32 Å². The van der Waals surface area contributed by atoms with Gasteiger partial charge in [0.05, 0.1) is 25.4 Å². The van der Waals surface area contributed by atoms with Gasteiger partial charge in [-0.05, 0) is 70.6 Å². The molecule has 1 rings (SSSR count). The Kier molecular flexibility index (Phi) is 47.6. The molecule has 0 spiro atoms. The highest BCUT2D eigenvalue weighted by atomic mass is 16.7. The number of amides is 1. The number of hydrogen-bond acceptors (Lipinski definition) is 8. The van der Waals surface area contributed by atoms with Crippen LogP contribution in [-0.4, -0.2) is 87.5 Å². The van der Waals surface area contributed by atoms with Gasteiger partial charge in [-0.2, -0.15) is 0 Å². The number of ether oxygens (including phenoxy) is 2. The van der Waals surface area contributed by atoms with Crippen molar-refractivity contribution in [2.24, 2.45) is 0 Å². The van der Waals surface area contributed by atoms with E-state index in [9.17, 15) is 30.3 Å². The van der Waals surface area contributed by atoms with E-state index in [0.29, 0.717) is 6.42 Å². The standard InChI is InChI=1S/C62H109NO8/c1-3-5-7-9-11-13-15-17-19-21-22-23-24-25-26-27-28-29-30-31-32-33-34-36-37-39-41-43-45-47-49-51-56(65)55(54-70-62-61(69)60(68)59(67)57(53-64)71-62)63-58(66)52-50-48-46-44-42-40-38-35-20-18-16-14-12-10-8-6-4-2/h6,8,12,14,18,20,38,40-41,43-44,46,49,51,55-57,59-62,64-65,67-69H,3-5,7,9-11,13,15-17,19,21-37,39,42,45,47-48,50,52-54H2,1-2H3,(H,63,66)/b8-6-,14-12-,20-18-,40-38-,43-41+,46-44-,51-49+. The molecule has 0 saturated carbocycles. The fourth-order valence-electron chi connectivity index (χ4n) is 8.86. The van der Waals surface area contributed by atoms with Crippen molar-refractivity contribution in [3.8, 4) is 0 Å². The predicted molar refractivity (Wildman–Crippen MR) is 299 cm³/mol. The number of nitrogens with one attached hydrogen (secondary N) is 1. The van der Waals surface area contributed by atoms with Crippen molar-refractivity contribution in [1.82, 2.24) is 5.32 Å². The molecule has 0 aromatic heterocycles. The molecule has 7 unspecified atom stereocenters. The van der Waals surface area contributed by atoms with E-state index in [4.69, 9.17) is 9.47 Å². The van der Waals surface area contributed by atoms with Crippen molar-refractivity contribution in [1.29, 1.82) is 0 Å². The second-order valence-electron chi connectivity index (χ2n) is 20.0. The molecule has 6 N–H and O–H groups in total. The van der Waals surface area contributed by atoms with Crippen molar-refractivity contribution in [3.63, 3.8) is 0 Å². The van der Waals surface area contributed by atoms with E-state index in [1.165, 1.54) is 161 Å². The Balaban J connectivity index is 2.23. The molecular weight excluding hydrogens is 887 g/mol. The van der Waals surface area contributed by atoms with Gasteiger partial charge in [0.2, 0.25) is 5.91 Å². The highest BCUT2D eigenvalue weighted by Gasteiger charge is 2.44. The van der Waals surface area contributed by atoms with Gasteiger partial charge in [-0.3, -0.25) is 4.79 Å². The molecule has 7 atom stereocenters. The highest BCUT2D eigenvalue weighted by Crippen LogP contribution is 2.23. The molecule has 0 aromatic rings. The fourth-order valence-corrected chi connectivity index (χ4v) is 8.86. The van der Waals surface area contributed by atoms with Crippen molar-refractivity contribution >= 4 is 5.91 Å². The normalized spacial score (nSPS) is 19.9. The van der Waals surface area contributed by atoms with Crippen LogP contribution in [0.1, 0.15) is 245 Å². The largest absolute Gasteiger partial charge is 0.394 e. The maximum atomic E-state index is 13.0. The quantitative estimate of drug-likeness (QED) is 0.0261. The Morgan fingerprint density at radius 1 is 0.493 bits per heavy atom. The van der Waals surface area contributed by atoms with Crippen molar-refractivity contribution in [3.05, 3.63) is 85.1 Å². The zero-order chi connectivity index (χ0) is 51.5. The second kappa shape index (κ2) is 50.9. The first-order chi connectivity index (χ1) is 34.8. The van der Waals surface area contributed by atoms with Crippen LogP contribution in [0.3, 0.4) is 0 Å². The average molecular weight is 997 g/mol. The Morgan fingerprint density at radius 2 is 0.887 bits per heavy atom. The smallest absolute Gasteiger partial charge is 0.220 e. The minimum Gasteiger partial charge on any atom is -0.394 e. The zero-order valence-corrected chi connectivity index (χ0v) is 45.5. The first-order valence-corrected chi connectivity index (χ1v) is 29.3. The molecule has 1 saturated heterocycles. The first-order valence-electron chi connectivity index (χ1n) is 29.3. The molecule has 0 bridgehead atoms. The number of allylic oxidation sites excluding steroid dienone is 13. The number of rotatable bonds is 49. The van der Waals surface area contributed by atoms with Gasteiger partial charge in [0, 0.05) is 6.42 Å². The lowest BCUT2D eigenvalue weighted by atomic mass is 9.99. The predicted octanol–water partition coefficient (Wildman–Crippen LogP) is 14.6. The Hall–Kier alpha value is -2.63. The van der Waals surface area contributed by atoms with E-state index >= 15 is 0 Å². The molecule has 410 valence electrons. The molecule has 1 aliphatic rings. The van der Waals surface area contributed by atoms with Crippen LogP contribution in [0.25, 0.3) is 0 Å². The van der Waals surface area contributed by atoms with E-state index in [2.05, 4.69) is 92.1 Å². The molecule has 9 nitrogen and oxygen atoms in total. The minimum absolute atomic E-state index is 0.228. The molecule has 71 heavy (non-hydrogen) atoms. The zero-order valence-electron chi connectivity index (χ0n) is 45.5. The van der Waals surface area contributed by atoms with Gasteiger partial charge in [-0.25, -0.2) is 0 Å². The van der Waals surface area contributed by atoms with E-state index in [-0.39, 0.29) is 18.9 Å². The van der Waals surface area contributed by atoms with Gasteiger partial charge in [-0.15, -0.1) is 0 Å². The summed E-state index contributed by atoms with van der Waals surface area (Å²) in [7, 11) is 0. The summed E-state index contributed by atoms with van der Waals surface area (Å²) < 4.78 is 11.2. The SMILES string of the molecule is CC/C=C\C/C=C\C/C=C\C/C=C\C/C=C\CCCC(=O)NC(COC1OC(CO)C(O)C(O)C1O)C(O)/C=C/CC/C=C/CCCCCCCCCCCCCCCCCCCCCCCCCCC. The van der Waals surface area contributed by atoms with E-state index < -0.39 is 49.5 Å². The lowest BCUT2D eigenvalue weighted by Gasteiger charge is -2.40. The van der Waals surface area contributed by atoms with Gasteiger partial charge in [-0.1, -0.05) is 253 Å². The summed E-state index contributed by atoms with van der Waals surface area (Å²) in [5.74, 6) is -0.244. The maximum absolute atomic E-state index is 13.0. The molecule has 9 heteroatoms. The fraction of sp³-hybridized carbons (Fsp3) is 0.758. The summed E-state index contributed by atoms with van der Waals surface area (Å²) in [6, 6.07) is -0.857. The lowest BCUT2D eigenvalue weighted by molar-refractivity contribution is -0.302. The minimum atomic E-state index is -1.59. The molecule has 1 aliphatic heterocycles. The van der Waals surface area contributed by atoms with E-state index in [1.54, 1.807) is 6.08 Å². The number of unbranched alkanes of at least 4 members (excludes halogenated alkanes) is 27. The number of aliphatic hydroxyl groups excluding tert-OH is 5. The summed E-state index contributed by atoms with van der Waals surface area (Å²) in [5.41, 5.74) is 0. The van der Waals surface area contributed by atoms with Crippen molar-refractivity contribution < 1.29 is 39.8 Å². The van der Waals surface area contributed by atoms with Gasteiger partial charge in [0.1, 0.15) is 24.4 Å². The Labute approximate surface area is 435 Å². The highest BCUT2D eigenvalue weighted by molar-refractivity contribution is 5.76. The molecule has 1 heterocycles. The monoisotopic (exact) mass is 996 g/mol. The van der Waals surface area contributed by atoms with Crippen LogP contribution in [-0.2, 0) is 14.3 Å². The summed E-state index contributed by atoms with van der Waals surface area (Å²) >= 11 is 0. The number of carbonyl (C=O) groups is 1. The van der Waals surface area contributed by atoms with Crippen LogP contribution in [0.4, 0.5) is 0 Å². The van der Waals surface area contributed by atoms with Crippen molar-refractivity contribution in [2.75, 3.05) is 13.2 Å². The summed E-state index contributed by atoms with van der Waals surface area (Å²) in [6.07, 6.45) is 65.4. The van der Waals surface area contributed by atoms with Crippen LogP contribution in [0, 0.1) is 0 Å². The van der Waals surface area contributed by atoms with Crippen LogP contribution >= 0.6 is 0 Å². The third-order valence-electron chi connectivity index (χ3n) is 13.5. The molecule has 1 fully saturated rings. The Bertz CT molecular complexity index is 1390. The first kappa shape index (κ1) is 66.4. The van der Waals surface area contributed by atoms with Gasteiger partial charge in [0.25, 0.3) is 0 Å². The number of aliphatic hydroxyl groups is 5. The summed E-state index contributed by atoms with van der Waals surface area (Å²) in [6.45, 7) is 3.62. The van der Waals surface area contributed by atoms with Gasteiger partial charge >= 0.3 is 0 Å². The van der Waals surface area contributed by atoms with Crippen LogP contribution in [0.5, 0.6) is 0 Å². The van der Waals surface area contributed by atoms with Crippen molar-refractivity contribution in [2.45, 2.75) is 288 Å². The lowest BCUT2D eigenvalue weighted by Crippen LogP contribution is -2.60. The molecule has 0 aromatic carbocycles. The third kappa shape index (κ3) is 40.4. The van der Waals surface area contributed by atoms with Crippen LogP contribution in [0.2, 0.25) is 0 Å². The molecular formula is C62H109NO8.